The van der Waals surface area contributed by atoms with Crippen molar-refractivity contribution in [1.29, 1.82) is 0 Å². The average molecular weight is 513 g/mol. The third-order valence-electron chi connectivity index (χ3n) is 6.82. The van der Waals surface area contributed by atoms with Gasteiger partial charge in [-0.25, -0.2) is 0 Å². The van der Waals surface area contributed by atoms with Crippen LogP contribution in [0.1, 0.15) is 51.4 Å². The summed E-state index contributed by atoms with van der Waals surface area (Å²) in [5.41, 5.74) is 1.96. The van der Waals surface area contributed by atoms with Gasteiger partial charge < -0.3 is 14.8 Å². The molecule has 4 rings (SSSR count). The van der Waals surface area contributed by atoms with Crippen molar-refractivity contribution in [1.82, 2.24) is 10.2 Å². The Kier molecular flexibility index (Phi) is 8.38. The summed E-state index contributed by atoms with van der Waals surface area (Å²) in [5.74, 6) is 1.16. The SMILES string of the molecule is COc1ccc(CN2CCC(c3ccc(CNC(=O)c4ccccc4C(F)(F)F)cc3)CC2)cc1OC. The predicted molar refractivity (Wildman–Crippen MR) is 136 cm³/mol. The molecule has 1 fully saturated rings. The van der Waals surface area contributed by atoms with Crippen LogP contribution < -0.4 is 14.8 Å². The molecule has 0 atom stereocenters. The number of amides is 1. The number of piperidine rings is 1. The van der Waals surface area contributed by atoms with Crippen LogP contribution in [0.5, 0.6) is 11.5 Å². The molecular weight excluding hydrogens is 481 g/mol. The highest BCUT2D eigenvalue weighted by molar-refractivity contribution is 5.95. The van der Waals surface area contributed by atoms with Gasteiger partial charge in [-0.2, -0.15) is 13.2 Å². The molecule has 1 N–H and O–H groups in total. The van der Waals surface area contributed by atoms with Crippen LogP contribution in [0.2, 0.25) is 0 Å². The van der Waals surface area contributed by atoms with Crippen molar-refractivity contribution in [2.24, 2.45) is 0 Å². The number of benzene rings is 3. The van der Waals surface area contributed by atoms with Crippen LogP contribution in [-0.4, -0.2) is 38.1 Å². The van der Waals surface area contributed by atoms with Gasteiger partial charge in [0.2, 0.25) is 0 Å². The number of nitrogens with zero attached hydrogens (tertiary/aromatic N) is 1. The van der Waals surface area contributed by atoms with E-state index in [2.05, 4.69) is 28.4 Å². The van der Waals surface area contributed by atoms with Crippen LogP contribution in [-0.2, 0) is 19.3 Å². The van der Waals surface area contributed by atoms with Gasteiger partial charge in [0.05, 0.1) is 25.3 Å². The summed E-state index contributed by atoms with van der Waals surface area (Å²) >= 11 is 0. The maximum Gasteiger partial charge on any atom is 0.417 e. The Labute approximate surface area is 215 Å². The van der Waals surface area contributed by atoms with Crippen molar-refractivity contribution < 1.29 is 27.4 Å². The largest absolute Gasteiger partial charge is 0.493 e. The molecule has 1 saturated heterocycles. The molecular formula is C29H31F3N2O3. The average Bonchev–Trinajstić information content (AvgIpc) is 2.92. The number of carbonyl (C=O) groups excluding carboxylic acids is 1. The maximum absolute atomic E-state index is 13.2. The van der Waals surface area contributed by atoms with Crippen molar-refractivity contribution >= 4 is 5.91 Å². The maximum atomic E-state index is 13.2. The number of hydrogen-bond acceptors (Lipinski definition) is 4. The fourth-order valence-electron chi connectivity index (χ4n) is 4.78. The number of likely N-dealkylation sites (tertiary alicyclic amines) is 1. The molecule has 0 unspecified atom stereocenters. The molecule has 37 heavy (non-hydrogen) atoms. The lowest BCUT2D eigenvalue weighted by atomic mass is 9.89. The van der Waals surface area contributed by atoms with Gasteiger partial charge in [0.25, 0.3) is 5.91 Å². The number of carbonyl (C=O) groups is 1. The van der Waals surface area contributed by atoms with Gasteiger partial charge in [-0.15, -0.1) is 0 Å². The third-order valence-corrected chi connectivity index (χ3v) is 6.82. The van der Waals surface area contributed by atoms with Gasteiger partial charge in [-0.1, -0.05) is 42.5 Å². The Hall–Kier alpha value is -3.52. The number of alkyl halides is 3. The molecule has 3 aromatic carbocycles. The Balaban J connectivity index is 1.29. The lowest BCUT2D eigenvalue weighted by Crippen LogP contribution is -2.32. The van der Waals surface area contributed by atoms with Gasteiger partial charge in [0, 0.05) is 13.1 Å². The lowest BCUT2D eigenvalue weighted by molar-refractivity contribution is -0.137. The molecule has 0 aliphatic carbocycles. The van der Waals surface area contributed by atoms with Crippen LogP contribution in [0.3, 0.4) is 0 Å². The quantitative estimate of drug-likeness (QED) is 0.400. The van der Waals surface area contributed by atoms with E-state index in [9.17, 15) is 18.0 Å². The normalized spacial score (nSPS) is 14.8. The lowest BCUT2D eigenvalue weighted by Gasteiger charge is -2.32. The monoisotopic (exact) mass is 512 g/mol. The van der Waals surface area contributed by atoms with Crippen LogP contribution in [0.15, 0.2) is 66.7 Å². The van der Waals surface area contributed by atoms with Crippen molar-refractivity contribution in [3.8, 4) is 11.5 Å². The molecule has 5 nitrogen and oxygen atoms in total. The molecule has 0 saturated carbocycles. The first-order valence-electron chi connectivity index (χ1n) is 12.2. The van der Waals surface area contributed by atoms with E-state index in [-0.39, 0.29) is 12.1 Å². The van der Waals surface area contributed by atoms with Gasteiger partial charge in [0.1, 0.15) is 0 Å². The summed E-state index contributed by atoms with van der Waals surface area (Å²) in [6.07, 6.45) is -2.50. The van der Waals surface area contributed by atoms with Crippen molar-refractivity contribution in [2.45, 2.75) is 38.0 Å². The smallest absolute Gasteiger partial charge is 0.417 e. The summed E-state index contributed by atoms with van der Waals surface area (Å²) in [4.78, 5) is 14.8. The third kappa shape index (κ3) is 6.63. The van der Waals surface area contributed by atoms with Crippen LogP contribution in [0.25, 0.3) is 0 Å². The molecule has 1 aliphatic rings. The van der Waals surface area contributed by atoms with Crippen LogP contribution >= 0.6 is 0 Å². The minimum absolute atomic E-state index is 0.162. The van der Waals surface area contributed by atoms with E-state index in [1.165, 1.54) is 29.3 Å². The minimum atomic E-state index is -4.58. The first-order valence-corrected chi connectivity index (χ1v) is 12.2. The summed E-state index contributed by atoms with van der Waals surface area (Å²) in [6.45, 7) is 2.98. The number of hydrogen-bond donors (Lipinski definition) is 1. The van der Waals surface area contributed by atoms with E-state index in [0.29, 0.717) is 5.92 Å². The molecule has 0 spiro atoms. The zero-order valence-electron chi connectivity index (χ0n) is 21.0. The number of halogens is 3. The number of rotatable bonds is 8. The Morgan fingerprint density at radius 3 is 2.22 bits per heavy atom. The number of ether oxygens (including phenoxy) is 2. The Morgan fingerprint density at radius 2 is 1.57 bits per heavy atom. The molecule has 3 aromatic rings. The van der Waals surface area contributed by atoms with Crippen molar-refractivity contribution in [3.63, 3.8) is 0 Å². The molecule has 0 radical (unpaired) electrons. The van der Waals surface area contributed by atoms with Crippen molar-refractivity contribution in [3.05, 3.63) is 94.5 Å². The summed E-state index contributed by atoms with van der Waals surface area (Å²) in [5, 5.41) is 2.61. The number of nitrogens with one attached hydrogen (secondary N) is 1. The van der Waals surface area contributed by atoms with E-state index < -0.39 is 17.6 Å². The molecule has 196 valence electrons. The number of methoxy groups -OCH3 is 2. The van der Waals surface area contributed by atoms with Gasteiger partial charge >= 0.3 is 6.18 Å². The molecule has 1 aliphatic heterocycles. The van der Waals surface area contributed by atoms with Crippen LogP contribution in [0.4, 0.5) is 13.2 Å². The molecule has 8 heteroatoms. The van der Waals surface area contributed by atoms with E-state index in [1.54, 1.807) is 14.2 Å². The minimum Gasteiger partial charge on any atom is -0.493 e. The van der Waals surface area contributed by atoms with Gasteiger partial charge in [-0.05, 0) is 72.8 Å². The standard InChI is InChI=1S/C29H31F3N2O3/c1-36-26-12-9-21(17-27(26)37-2)19-34-15-13-23(14-16-34)22-10-7-20(8-11-22)18-33-28(35)24-5-3-4-6-25(24)29(30,31)32/h3-12,17,23H,13-16,18-19H2,1-2H3,(H,33,35). The predicted octanol–water partition coefficient (Wildman–Crippen LogP) is 6.03. The molecule has 0 aromatic heterocycles. The molecule has 1 amide bonds. The highest BCUT2D eigenvalue weighted by Crippen LogP contribution is 2.33. The first kappa shape index (κ1) is 26.5. The van der Waals surface area contributed by atoms with Crippen molar-refractivity contribution in [2.75, 3.05) is 27.3 Å². The second-order valence-electron chi connectivity index (χ2n) is 9.21. The van der Waals surface area contributed by atoms with Gasteiger partial charge in [-0.3, -0.25) is 9.69 Å². The second kappa shape index (κ2) is 11.7. The summed E-state index contributed by atoms with van der Waals surface area (Å²) < 4.78 is 50.3. The topological polar surface area (TPSA) is 50.8 Å². The van der Waals surface area contributed by atoms with E-state index in [0.717, 1.165) is 55.6 Å². The summed E-state index contributed by atoms with van der Waals surface area (Å²) in [6, 6.07) is 18.8. The highest BCUT2D eigenvalue weighted by atomic mass is 19.4. The zero-order chi connectivity index (χ0) is 26.4. The van der Waals surface area contributed by atoms with Crippen LogP contribution in [0, 0.1) is 0 Å². The van der Waals surface area contributed by atoms with E-state index in [1.807, 2.05) is 24.3 Å². The van der Waals surface area contributed by atoms with Gasteiger partial charge in [0.15, 0.2) is 11.5 Å². The second-order valence-corrected chi connectivity index (χ2v) is 9.21. The summed E-state index contributed by atoms with van der Waals surface area (Å²) in [7, 11) is 3.27. The highest BCUT2D eigenvalue weighted by Gasteiger charge is 2.34. The van der Waals surface area contributed by atoms with E-state index >= 15 is 0 Å². The fraction of sp³-hybridized carbons (Fsp3) is 0.345. The Bertz CT molecular complexity index is 1200. The fourth-order valence-corrected chi connectivity index (χ4v) is 4.78. The Morgan fingerprint density at radius 1 is 0.919 bits per heavy atom. The zero-order valence-corrected chi connectivity index (χ0v) is 21.0. The molecule has 1 heterocycles. The van der Waals surface area contributed by atoms with E-state index in [4.69, 9.17) is 9.47 Å². The first-order chi connectivity index (χ1) is 17.8. The molecule has 0 bridgehead atoms.